The molecule has 150 valence electrons. The van der Waals surface area contributed by atoms with Crippen LogP contribution in [0.1, 0.15) is 16.7 Å². The third-order valence-electron chi connectivity index (χ3n) is 3.71. The number of nitrogens with one attached hydrogen (secondary N) is 4. The Hall–Kier alpha value is -2.98. The monoisotopic (exact) mass is 408 g/mol. The van der Waals surface area contributed by atoms with Gasteiger partial charge in [0.05, 0.1) is 12.2 Å². The zero-order chi connectivity index (χ0) is 20.6. The van der Waals surface area contributed by atoms with Crippen LogP contribution in [-0.2, 0) is 33.5 Å². The normalized spacial score (nSPS) is 10.9. The van der Waals surface area contributed by atoms with E-state index in [9.17, 15) is 22.4 Å². The van der Waals surface area contributed by atoms with Crippen LogP contribution in [-0.4, -0.2) is 27.4 Å². The SMILES string of the molecule is CNS(=O)(=O)Cc1cccc(CNC(=O)NNC(=O)Cc2ccc(F)cc2)c1. The summed E-state index contributed by atoms with van der Waals surface area (Å²) in [7, 11) is -2.04. The van der Waals surface area contributed by atoms with Gasteiger partial charge in [0.1, 0.15) is 5.82 Å². The number of hydrogen-bond donors (Lipinski definition) is 4. The number of hydrazine groups is 1. The molecule has 0 aliphatic heterocycles. The minimum absolute atomic E-state index is 0.0114. The molecule has 28 heavy (non-hydrogen) atoms. The van der Waals surface area contributed by atoms with Crippen LogP contribution < -0.4 is 20.9 Å². The van der Waals surface area contributed by atoms with Gasteiger partial charge >= 0.3 is 6.03 Å². The molecule has 0 fully saturated rings. The van der Waals surface area contributed by atoms with Gasteiger partial charge in [-0.1, -0.05) is 36.4 Å². The summed E-state index contributed by atoms with van der Waals surface area (Å²) in [4.78, 5) is 23.6. The summed E-state index contributed by atoms with van der Waals surface area (Å²) < 4.78 is 38.3. The lowest BCUT2D eigenvalue weighted by molar-refractivity contribution is -0.121. The molecule has 0 aliphatic rings. The zero-order valence-electron chi connectivity index (χ0n) is 15.2. The van der Waals surface area contributed by atoms with Crippen molar-refractivity contribution in [2.24, 2.45) is 0 Å². The van der Waals surface area contributed by atoms with Gasteiger partial charge in [-0.05, 0) is 35.9 Å². The Morgan fingerprint density at radius 1 is 0.964 bits per heavy atom. The highest BCUT2D eigenvalue weighted by Gasteiger charge is 2.09. The van der Waals surface area contributed by atoms with Gasteiger partial charge in [0.2, 0.25) is 15.9 Å². The maximum Gasteiger partial charge on any atom is 0.333 e. The van der Waals surface area contributed by atoms with Crippen molar-refractivity contribution in [1.29, 1.82) is 0 Å². The second kappa shape index (κ2) is 9.81. The van der Waals surface area contributed by atoms with Gasteiger partial charge in [-0.25, -0.2) is 27.8 Å². The van der Waals surface area contributed by atoms with Gasteiger partial charge in [-0.3, -0.25) is 10.2 Å². The van der Waals surface area contributed by atoms with Gasteiger partial charge in [0.25, 0.3) is 0 Å². The summed E-state index contributed by atoms with van der Waals surface area (Å²) in [5.41, 5.74) is 6.36. The third kappa shape index (κ3) is 7.33. The molecule has 2 aromatic carbocycles. The standard InChI is InChI=1S/C18H21FN4O4S/c1-20-28(26,27)12-15-4-2-3-14(9-15)11-21-18(25)23-22-17(24)10-13-5-7-16(19)8-6-13/h2-9,20H,10-12H2,1H3,(H,22,24)(H2,21,23,25). The van der Waals surface area contributed by atoms with Gasteiger partial charge in [-0.15, -0.1) is 0 Å². The number of hydrogen-bond acceptors (Lipinski definition) is 4. The van der Waals surface area contributed by atoms with E-state index in [0.717, 1.165) is 0 Å². The van der Waals surface area contributed by atoms with E-state index in [1.54, 1.807) is 24.3 Å². The molecular formula is C18H21FN4O4S. The molecule has 0 aromatic heterocycles. The fraction of sp³-hybridized carbons (Fsp3) is 0.222. The number of urea groups is 1. The quantitative estimate of drug-likeness (QED) is 0.511. The number of halogens is 1. The lowest BCUT2D eigenvalue weighted by atomic mass is 10.1. The first-order chi connectivity index (χ1) is 13.3. The van der Waals surface area contributed by atoms with Crippen molar-refractivity contribution in [3.05, 3.63) is 71.0 Å². The molecule has 0 heterocycles. The molecule has 0 saturated carbocycles. The van der Waals surface area contributed by atoms with E-state index >= 15 is 0 Å². The van der Waals surface area contributed by atoms with E-state index in [1.165, 1.54) is 31.3 Å². The maximum absolute atomic E-state index is 12.8. The Bertz CT molecular complexity index is 933. The van der Waals surface area contributed by atoms with E-state index < -0.39 is 27.8 Å². The first-order valence-electron chi connectivity index (χ1n) is 8.33. The van der Waals surface area contributed by atoms with E-state index in [-0.39, 0.29) is 18.7 Å². The summed E-state index contributed by atoms with van der Waals surface area (Å²) in [6.07, 6.45) is -0.0114. The topological polar surface area (TPSA) is 116 Å². The van der Waals surface area contributed by atoms with Crippen molar-refractivity contribution in [3.8, 4) is 0 Å². The highest BCUT2D eigenvalue weighted by atomic mass is 32.2. The number of carbonyl (C=O) groups excluding carboxylic acids is 2. The van der Waals surface area contributed by atoms with Crippen LogP contribution in [0.5, 0.6) is 0 Å². The summed E-state index contributed by atoms with van der Waals surface area (Å²) in [6, 6.07) is 11.6. The molecule has 2 rings (SSSR count). The van der Waals surface area contributed by atoms with Gasteiger partial charge in [-0.2, -0.15) is 0 Å². The lowest BCUT2D eigenvalue weighted by Gasteiger charge is -2.10. The van der Waals surface area contributed by atoms with Crippen molar-refractivity contribution in [2.45, 2.75) is 18.7 Å². The predicted molar refractivity (Wildman–Crippen MR) is 102 cm³/mol. The minimum Gasteiger partial charge on any atom is -0.333 e. The zero-order valence-corrected chi connectivity index (χ0v) is 16.0. The number of sulfonamides is 1. The smallest absolute Gasteiger partial charge is 0.333 e. The first kappa shape index (κ1) is 21.3. The maximum atomic E-state index is 12.8. The second-order valence-corrected chi connectivity index (χ2v) is 7.87. The average molecular weight is 408 g/mol. The highest BCUT2D eigenvalue weighted by Crippen LogP contribution is 2.08. The Morgan fingerprint density at radius 3 is 2.32 bits per heavy atom. The van der Waals surface area contributed by atoms with Gasteiger partial charge in [0, 0.05) is 6.54 Å². The summed E-state index contributed by atoms with van der Waals surface area (Å²) in [6.45, 7) is 0.146. The molecule has 0 bridgehead atoms. The molecule has 0 spiro atoms. The molecule has 0 unspecified atom stereocenters. The number of rotatable bonds is 7. The molecule has 10 heteroatoms. The molecule has 4 N–H and O–H groups in total. The van der Waals surface area contributed by atoms with Crippen LogP contribution in [0.2, 0.25) is 0 Å². The van der Waals surface area contributed by atoms with Crippen LogP contribution in [0.3, 0.4) is 0 Å². The van der Waals surface area contributed by atoms with E-state index in [0.29, 0.717) is 16.7 Å². The molecular weight excluding hydrogens is 387 g/mol. The number of carbonyl (C=O) groups is 2. The van der Waals surface area contributed by atoms with Crippen molar-refractivity contribution in [3.63, 3.8) is 0 Å². The van der Waals surface area contributed by atoms with Crippen LogP contribution in [0.4, 0.5) is 9.18 Å². The molecule has 0 saturated heterocycles. The van der Waals surface area contributed by atoms with E-state index in [1.807, 2.05) is 0 Å². The number of benzene rings is 2. The van der Waals surface area contributed by atoms with Crippen LogP contribution >= 0.6 is 0 Å². The van der Waals surface area contributed by atoms with Crippen molar-refractivity contribution < 1.29 is 22.4 Å². The summed E-state index contributed by atoms with van der Waals surface area (Å²) in [5.74, 6) is -1.02. The second-order valence-electron chi connectivity index (χ2n) is 5.94. The molecule has 3 amide bonds. The Kier molecular flexibility index (Phi) is 7.47. The summed E-state index contributed by atoms with van der Waals surface area (Å²) in [5, 5.41) is 2.55. The van der Waals surface area contributed by atoms with E-state index in [2.05, 4.69) is 20.9 Å². The molecule has 0 atom stereocenters. The van der Waals surface area contributed by atoms with E-state index in [4.69, 9.17) is 0 Å². The highest BCUT2D eigenvalue weighted by molar-refractivity contribution is 7.88. The summed E-state index contributed by atoms with van der Waals surface area (Å²) >= 11 is 0. The van der Waals surface area contributed by atoms with Crippen molar-refractivity contribution >= 4 is 22.0 Å². The predicted octanol–water partition coefficient (Wildman–Crippen LogP) is 0.948. The Morgan fingerprint density at radius 2 is 1.64 bits per heavy atom. The van der Waals surface area contributed by atoms with Crippen LogP contribution in [0.15, 0.2) is 48.5 Å². The Balaban J connectivity index is 1.77. The molecule has 0 aliphatic carbocycles. The fourth-order valence-electron chi connectivity index (χ4n) is 2.31. The lowest BCUT2D eigenvalue weighted by Crippen LogP contribution is -2.47. The van der Waals surface area contributed by atoms with Crippen LogP contribution in [0.25, 0.3) is 0 Å². The molecule has 8 nitrogen and oxygen atoms in total. The van der Waals surface area contributed by atoms with Crippen LogP contribution in [0, 0.1) is 5.82 Å². The fourth-order valence-corrected chi connectivity index (χ4v) is 3.07. The minimum atomic E-state index is -3.38. The number of amides is 3. The van der Waals surface area contributed by atoms with Gasteiger partial charge in [0.15, 0.2) is 0 Å². The largest absolute Gasteiger partial charge is 0.333 e. The molecule has 0 radical (unpaired) electrons. The molecule has 2 aromatic rings. The third-order valence-corrected chi connectivity index (χ3v) is 5.04. The Labute approximate surface area is 162 Å². The van der Waals surface area contributed by atoms with Gasteiger partial charge < -0.3 is 5.32 Å². The first-order valence-corrected chi connectivity index (χ1v) is 9.99. The van der Waals surface area contributed by atoms with Crippen molar-refractivity contribution in [2.75, 3.05) is 7.05 Å². The average Bonchev–Trinajstić information content (AvgIpc) is 2.66. The van der Waals surface area contributed by atoms with Crippen molar-refractivity contribution in [1.82, 2.24) is 20.9 Å².